The van der Waals surface area contributed by atoms with Gasteiger partial charge >= 0.3 is 29.6 Å². The van der Waals surface area contributed by atoms with Gasteiger partial charge in [0.2, 0.25) is 0 Å². The Balaban J connectivity index is 1.96. The Morgan fingerprint density at radius 3 is 2.61 bits per heavy atom. The molecule has 2 rings (SSSR count). The molecule has 1 fully saturated rings. The van der Waals surface area contributed by atoms with Gasteiger partial charge in [-0.3, -0.25) is 19.2 Å². The Labute approximate surface area is 156 Å². The highest BCUT2D eigenvalue weighted by Crippen LogP contribution is 2.61. The molecule has 1 aromatic heterocycles. The second kappa shape index (κ2) is 8.74. The van der Waals surface area contributed by atoms with Gasteiger partial charge in [0.15, 0.2) is 0 Å². The molecule has 2 heterocycles. The minimum Gasteiger partial charge on any atom is -0.390 e. The number of hydrogen-bond acceptors (Lipinski definition) is 10. The van der Waals surface area contributed by atoms with Crippen LogP contribution < -0.4 is 11.2 Å². The summed E-state index contributed by atoms with van der Waals surface area (Å²) < 4.78 is 51.6. The Bertz CT molecular complexity index is 951. The van der Waals surface area contributed by atoms with E-state index < -0.39 is 60.2 Å². The van der Waals surface area contributed by atoms with Crippen LogP contribution in [-0.4, -0.2) is 48.2 Å². The van der Waals surface area contributed by atoms with Crippen LogP contribution in [0.4, 0.5) is 0 Å². The highest BCUT2D eigenvalue weighted by Gasteiger charge is 2.44. The third kappa shape index (κ3) is 6.48. The fraction of sp³-hybridized carbons (Fsp3) is 0.600. The summed E-state index contributed by atoms with van der Waals surface area (Å²) >= 11 is 0. The van der Waals surface area contributed by atoms with Gasteiger partial charge in [0, 0.05) is 22.7 Å². The predicted molar refractivity (Wildman–Crippen MR) is 88.2 cm³/mol. The molecule has 28 heavy (non-hydrogen) atoms. The molecule has 0 saturated carbocycles. The van der Waals surface area contributed by atoms with Crippen molar-refractivity contribution in [1.29, 1.82) is 0 Å². The fourth-order valence-electron chi connectivity index (χ4n) is 2.23. The van der Waals surface area contributed by atoms with Crippen LogP contribution in [0.2, 0.25) is 0 Å². The summed E-state index contributed by atoms with van der Waals surface area (Å²) in [5, 5.41) is 9.97. The van der Waals surface area contributed by atoms with E-state index in [0.29, 0.717) is 0 Å². The van der Waals surface area contributed by atoms with E-state index in [4.69, 9.17) is 19.4 Å². The van der Waals surface area contributed by atoms with Gasteiger partial charge < -0.3 is 19.6 Å². The smallest absolute Gasteiger partial charge is 0.390 e. The van der Waals surface area contributed by atoms with Gasteiger partial charge in [-0.05, 0) is 11.2 Å². The van der Waals surface area contributed by atoms with Crippen molar-refractivity contribution >= 4 is 23.9 Å². The number of nitrogens with one attached hydrogen (secondary N) is 1. The van der Waals surface area contributed by atoms with Crippen LogP contribution in [0, 0.1) is 6.92 Å². The number of aromatic nitrogens is 2. The Kier molecular flexibility index (Phi) is 7.24. The Hall–Kier alpha value is -1.08. The van der Waals surface area contributed by atoms with Crippen molar-refractivity contribution in [2.75, 3.05) is 6.61 Å². The summed E-state index contributed by atoms with van der Waals surface area (Å²) in [4.78, 5) is 51.2. The summed E-state index contributed by atoms with van der Waals surface area (Å²) in [5.74, 6) is 0. The number of phosphoric acid groups is 2. The van der Waals surface area contributed by atoms with Gasteiger partial charge in [-0.2, -0.15) is 4.31 Å². The number of rotatable bonds is 8. The topological polar surface area (TPSA) is 224 Å². The highest BCUT2D eigenvalue weighted by atomic mass is 31.3. The van der Waals surface area contributed by atoms with Crippen LogP contribution >= 0.6 is 23.9 Å². The number of hydrogen-bond donors (Lipinski definition) is 5. The van der Waals surface area contributed by atoms with Crippen molar-refractivity contribution in [2.45, 2.75) is 31.8 Å². The first-order valence-electron chi connectivity index (χ1n) is 7.32. The average Bonchev–Trinajstić information content (AvgIpc) is 2.86. The monoisotopic (exact) mass is 465 g/mol. The summed E-state index contributed by atoms with van der Waals surface area (Å²) in [7, 11) is -14.1. The molecule has 5 N–H and O–H groups in total. The van der Waals surface area contributed by atoms with Crippen molar-refractivity contribution < 1.29 is 51.4 Å². The van der Waals surface area contributed by atoms with E-state index in [1.807, 2.05) is 0 Å². The summed E-state index contributed by atoms with van der Waals surface area (Å²) in [6.45, 7) is 0.829. The minimum absolute atomic E-state index is 0.0864. The van der Waals surface area contributed by atoms with Crippen LogP contribution in [0.1, 0.15) is 18.2 Å². The lowest BCUT2D eigenvalue weighted by molar-refractivity contribution is -0.0412. The first kappa shape index (κ1) is 23.2. The molecule has 1 aromatic rings. The molecule has 0 bridgehead atoms. The van der Waals surface area contributed by atoms with E-state index in [1.54, 1.807) is 0 Å². The van der Waals surface area contributed by atoms with Gasteiger partial charge in [-0.1, -0.05) is 0 Å². The normalized spacial score (nSPS) is 25.5. The number of aliphatic hydroxyl groups excluding tert-OH is 1. The van der Waals surface area contributed by atoms with E-state index >= 15 is 0 Å². The Morgan fingerprint density at radius 1 is 1.36 bits per heavy atom. The zero-order valence-corrected chi connectivity index (χ0v) is 16.7. The highest BCUT2D eigenvalue weighted by molar-refractivity contribution is 7.64. The summed E-state index contributed by atoms with van der Waals surface area (Å²) in [5.41, 5.74) is -1.14. The van der Waals surface area contributed by atoms with Crippen LogP contribution in [0.25, 0.3) is 0 Å². The number of aliphatic hydroxyl groups is 1. The molecule has 1 aliphatic rings. The molecular formula is C10H16N2O13P3+. The van der Waals surface area contributed by atoms with Crippen LogP contribution in [0.3, 0.4) is 0 Å². The van der Waals surface area contributed by atoms with Gasteiger partial charge in [0.05, 0.1) is 6.10 Å². The molecule has 158 valence electrons. The second-order valence-corrected chi connectivity index (χ2v) is 9.48. The SMILES string of the molecule is Cc1cn([C@H]2C[C@H](O)[C@@H](CO[P+](=O)OP(=O)(O)OP(=O)(O)O)O2)c(=O)[nH]c1=O. The fourth-order valence-corrected chi connectivity index (χ4v) is 4.82. The maximum atomic E-state index is 11.8. The lowest BCUT2D eigenvalue weighted by Gasteiger charge is -2.14. The molecule has 0 amide bonds. The van der Waals surface area contributed by atoms with E-state index in [2.05, 4.69) is 18.1 Å². The van der Waals surface area contributed by atoms with Gasteiger partial charge in [-0.15, -0.1) is 4.52 Å². The van der Waals surface area contributed by atoms with Crippen molar-refractivity contribution in [2.24, 2.45) is 0 Å². The molecule has 5 atom stereocenters. The minimum atomic E-state index is -5.39. The van der Waals surface area contributed by atoms with E-state index in [1.165, 1.54) is 13.1 Å². The molecule has 2 unspecified atom stereocenters. The lowest BCUT2D eigenvalue weighted by atomic mass is 10.2. The molecule has 1 saturated heterocycles. The average molecular weight is 465 g/mol. The van der Waals surface area contributed by atoms with Crippen molar-refractivity contribution in [3.8, 4) is 0 Å². The Morgan fingerprint density at radius 2 is 2.00 bits per heavy atom. The molecule has 0 aliphatic carbocycles. The third-order valence-electron chi connectivity index (χ3n) is 3.38. The zero-order chi connectivity index (χ0) is 21.3. The predicted octanol–water partition coefficient (Wildman–Crippen LogP) is -0.606. The maximum absolute atomic E-state index is 11.8. The molecule has 0 aromatic carbocycles. The summed E-state index contributed by atoms with van der Waals surface area (Å²) in [6.07, 6.45) is -2.16. The van der Waals surface area contributed by atoms with Gasteiger partial charge in [0.1, 0.15) is 18.9 Å². The molecular weight excluding hydrogens is 449 g/mol. The number of nitrogens with zero attached hydrogens (tertiary/aromatic N) is 1. The largest absolute Gasteiger partial charge is 0.708 e. The van der Waals surface area contributed by atoms with Crippen molar-refractivity contribution in [3.63, 3.8) is 0 Å². The van der Waals surface area contributed by atoms with E-state index in [-0.39, 0.29) is 12.0 Å². The molecule has 15 nitrogen and oxygen atoms in total. The van der Waals surface area contributed by atoms with Gasteiger partial charge in [0.25, 0.3) is 5.56 Å². The van der Waals surface area contributed by atoms with Gasteiger partial charge in [-0.25, -0.2) is 13.9 Å². The first-order chi connectivity index (χ1) is 12.8. The summed E-state index contributed by atoms with van der Waals surface area (Å²) in [6, 6.07) is 0. The molecule has 18 heteroatoms. The molecule has 1 aliphatic heterocycles. The van der Waals surface area contributed by atoms with Crippen LogP contribution in [0.15, 0.2) is 15.8 Å². The quantitative estimate of drug-likeness (QED) is 0.303. The lowest BCUT2D eigenvalue weighted by Crippen LogP contribution is -2.33. The first-order valence-corrected chi connectivity index (χ1v) is 11.4. The second-order valence-electron chi connectivity index (χ2n) is 5.55. The van der Waals surface area contributed by atoms with Crippen molar-refractivity contribution in [3.05, 3.63) is 32.6 Å². The molecule has 0 radical (unpaired) electrons. The zero-order valence-electron chi connectivity index (χ0n) is 14.0. The number of ether oxygens (including phenoxy) is 1. The standard InChI is InChI=1S/C10H15N2O13P3/c1-5-3-12(10(15)11-9(5)14)8-2-6(13)7(23-8)4-22-26(16)24-28(20,21)25-27(17,18)19/h3,6-8,13H,2,4H2,1H3,(H3-,11,14,15,17,18,19,20,21)/p+1/t6-,7+,8+/m0/s1. The number of H-pyrrole nitrogens is 1. The third-order valence-corrected chi connectivity index (χ3v) is 6.78. The van der Waals surface area contributed by atoms with Crippen LogP contribution in [0.5, 0.6) is 0 Å². The number of aromatic amines is 1. The van der Waals surface area contributed by atoms with Crippen LogP contribution in [-0.2, 0) is 31.6 Å². The number of aryl methyl sites for hydroxylation is 1. The van der Waals surface area contributed by atoms with E-state index in [9.17, 15) is 28.4 Å². The van der Waals surface area contributed by atoms with E-state index in [0.717, 1.165) is 4.57 Å². The molecule has 0 spiro atoms. The maximum Gasteiger partial charge on any atom is 0.708 e. The van der Waals surface area contributed by atoms with Crippen molar-refractivity contribution in [1.82, 2.24) is 9.55 Å².